The Labute approximate surface area is 138 Å². The molecule has 112 valence electrons. The molecular formula is C20H14FNS. The van der Waals surface area contributed by atoms with Gasteiger partial charge in [-0.2, -0.15) is 0 Å². The van der Waals surface area contributed by atoms with Crippen LogP contribution >= 0.6 is 11.8 Å². The molecule has 0 radical (unpaired) electrons. The zero-order valence-corrected chi connectivity index (χ0v) is 13.2. The Morgan fingerprint density at radius 2 is 1.52 bits per heavy atom. The van der Waals surface area contributed by atoms with E-state index in [1.54, 1.807) is 23.9 Å². The lowest BCUT2D eigenvalue weighted by Gasteiger charge is -2.10. The van der Waals surface area contributed by atoms with Crippen molar-refractivity contribution in [2.45, 2.75) is 10.6 Å². The van der Waals surface area contributed by atoms with Gasteiger partial charge in [0.15, 0.2) is 0 Å². The van der Waals surface area contributed by atoms with Gasteiger partial charge in [-0.3, -0.25) is 0 Å². The molecule has 3 heteroatoms. The molecule has 4 rings (SSSR count). The van der Waals surface area contributed by atoms with Gasteiger partial charge in [-0.05, 0) is 29.8 Å². The number of hydrogen-bond donors (Lipinski definition) is 0. The molecule has 1 nitrogen and oxygen atoms in total. The number of para-hydroxylation sites is 1. The maximum Gasteiger partial charge on any atom is 0.124 e. The number of aromatic nitrogens is 1. The smallest absolute Gasteiger partial charge is 0.124 e. The van der Waals surface area contributed by atoms with Gasteiger partial charge in [0.1, 0.15) is 5.82 Å². The van der Waals surface area contributed by atoms with Gasteiger partial charge in [-0.15, -0.1) is 11.8 Å². The van der Waals surface area contributed by atoms with E-state index in [0.29, 0.717) is 0 Å². The molecule has 0 amide bonds. The quantitative estimate of drug-likeness (QED) is 0.348. The van der Waals surface area contributed by atoms with Gasteiger partial charge >= 0.3 is 0 Å². The molecule has 0 unspecified atom stereocenters. The fraction of sp³-hybridized carbons (Fsp3) is 0.0500. The SMILES string of the molecule is Fc1ccc2nc3ccccc3c(SCc3ccccc3)c2c1. The Morgan fingerprint density at radius 1 is 0.783 bits per heavy atom. The lowest BCUT2D eigenvalue weighted by atomic mass is 10.1. The summed E-state index contributed by atoms with van der Waals surface area (Å²) in [5, 5.41) is 1.95. The fourth-order valence-corrected chi connectivity index (χ4v) is 3.86. The third-order valence-corrected chi connectivity index (χ3v) is 5.02. The summed E-state index contributed by atoms with van der Waals surface area (Å²) in [5.74, 6) is 0.622. The first-order valence-corrected chi connectivity index (χ1v) is 8.44. The van der Waals surface area contributed by atoms with E-state index in [1.807, 2.05) is 36.4 Å². The number of benzene rings is 3. The van der Waals surface area contributed by atoms with E-state index in [1.165, 1.54) is 11.6 Å². The molecule has 0 fully saturated rings. The lowest BCUT2D eigenvalue weighted by Crippen LogP contribution is -1.89. The first-order valence-electron chi connectivity index (χ1n) is 7.46. The minimum atomic E-state index is -0.226. The summed E-state index contributed by atoms with van der Waals surface area (Å²) in [6, 6.07) is 23.2. The number of hydrogen-bond acceptors (Lipinski definition) is 2. The van der Waals surface area contributed by atoms with Crippen molar-refractivity contribution in [2.75, 3.05) is 0 Å². The maximum atomic E-state index is 13.7. The van der Waals surface area contributed by atoms with Gasteiger partial charge in [0.25, 0.3) is 0 Å². The second-order valence-corrected chi connectivity index (χ2v) is 6.38. The van der Waals surface area contributed by atoms with Gasteiger partial charge < -0.3 is 0 Å². The van der Waals surface area contributed by atoms with Crippen molar-refractivity contribution >= 4 is 33.6 Å². The molecule has 1 heterocycles. The van der Waals surface area contributed by atoms with Gasteiger partial charge in [0.05, 0.1) is 11.0 Å². The van der Waals surface area contributed by atoms with E-state index in [-0.39, 0.29) is 5.82 Å². The van der Waals surface area contributed by atoms with E-state index in [2.05, 4.69) is 23.2 Å². The van der Waals surface area contributed by atoms with Crippen LogP contribution in [0.3, 0.4) is 0 Å². The lowest BCUT2D eigenvalue weighted by molar-refractivity contribution is 0.629. The summed E-state index contributed by atoms with van der Waals surface area (Å²) in [5.41, 5.74) is 3.03. The Kier molecular flexibility index (Phi) is 3.72. The predicted molar refractivity (Wildman–Crippen MR) is 95.2 cm³/mol. The predicted octanol–water partition coefficient (Wildman–Crippen LogP) is 5.82. The fourth-order valence-electron chi connectivity index (χ4n) is 2.71. The first kappa shape index (κ1) is 14.2. The third kappa shape index (κ3) is 2.80. The van der Waals surface area contributed by atoms with Gasteiger partial charge in [0, 0.05) is 21.4 Å². The summed E-state index contributed by atoms with van der Waals surface area (Å²) in [6.07, 6.45) is 0. The highest BCUT2D eigenvalue weighted by molar-refractivity contribution is 7.99. The Balaban J connectivity index is 1.88. The average molecular weight is 319 g/mol. The monoisotopic (exact) mass is 319 g/mol. The van der Waals surface area contributed by atoms with Crippen LogP contribution in [0.15, 0.2) is 77.7 Å². The summed E-state index contributed by atoms with van der Waals surface area (Å²) in [7, 11) is 0. The molecule has 0 bridgehead atoms. The Bertz CT molecular complexity index is 983. The highest BCUT2D eigenvalue weighted by atomic mass is 32.2. The van der Waals surface area contributed by atoms with Crippen molar-refractivity contribution in [3.8, 4) is 0 Å². The number of halogens is 1. The second-order valence-electron chi connectivity index (χ2n) is 5.39. The Morgan fingerprint density at radius 3 is 2.39 bits per heavy atom. The van der Waals surface area contributed by atoms with E-state index < -0.39 is 0 Å². The van der Waals surface area contributed by atoms with E-state index >= 15 is 0 Å². The van der Waals surface area contributed by atoms with Crippen molar-refractivity contribution in [3.05, 3.63) is 84.2 Å². The molecule has 1 aromatic heterocycles. The van der Waals surface area contributed by atoms with Crippen LogP contribution in [-0.2, 0) is 5.75 Å². The molecule has 0 spiro atoms. The van der Waals surface area contributed by atoms with E-state index in [9.17, 15) is 4.39 Å². The number of rotatable bonds is 3. The minimum Gasteiger partial charge on any atom is -0.248 e. The molecule has 0 saturated carbocycles. The molecular weight excluding hydrogens is 305 g/mol. The van der Waals surface area contributed by atoms with Gasteiger partial charge in [0.2, 0.25) is 0 Å². The van der Waals surface area contributed by atoms with Crippen molar-refractivity contribution in [1.29, 1.82) is 0 Å². The largest absolute Gasteiger partial charge is 0.248 e. The van der Waals surface area contributed by atoms with Crippen molar-refractivity contribution < 1.29 is 4.39 Å². The van der Waals surface area contributed by atoms with Crippen LogP contribution < -0.4 is 0 Å². The maximum absolute atomic E-state index is 13.7. The summed E-state index contributed by atoms with van der Waals surface area (Å²) in [6.45, 7) is 0. The average Bonchev–Trinajstić information content (AvgIpc) is 2.60. The van der Waals surface area contributed by atoms with Crippen LogP contribution in [0.4, 0.5) is 4.39 Å². The molecule has 0 aliphatic carbocycles. The molecule has 23 heavy (non-hydrogen) atoms. The topological polar surface area (TPSA) is 12.9 Å². The number of thioether (sulfide) groups is 1. The standard InChI is InChI=1S/C20H14FNS/c21-15-10-11-19-17(12-15)20(16-8-4-5-9-18(16)22-19)23-13-14-6-2-1-3-7-14/h1-12H,13H2. The Hall–Kier alpha value is -2.39. The zero-order valence-electron chi connectivity index (χ0n) is 12.4. The van der Waals surface area contributed by atoms with Crippen LogP contribution in [0.25, 0.3) is 21.8 Å². The minimum absolute atomic E-state index is 0.226. The molecule has 0 atom stereocenters. The number of pyridine rings is 1. The first-order chi connectivity index (χ1) is 11.3. The molecule has 0 N–H and O–H groups in total. The zero-order chi connectivity index (χ0) is 15.6. The molecule has 0 aliphatic rings. The van der Waals surface area contributed by atoms with Crippen molar-refractivity contribution in [3.63, 3.8) is 0 Å². The van der Waals surface area contributed by atoms with Gasteiger partial charge in [-0.1, -0.05) is 48.5 Å². The van der Waals surface area contributed by atoms with E-state index in [4.69, 9.17) is 0 Å². The highest BCUT2D eigenvalue weighted by Crippen LogP contribution is 2.36. The molecule has 4 aromatic rings. The van der Waals surface area contributed by atoms with E-state index in [0.717, 1.165) is 32.5 Å². The summed E-state index contributed by atoms with van der Waals surface area (Å²) < 4.78 is 13.7. The van der Waals surface area contributed by atoms with Crippen molar-refractivity contribution in [2.24, 2.45) is 0 Å². The van der Waals surface area contributed by atoms with Crippen LogP contribution in [-0.4, -0.2) is 4.98 Å². The van der Waals surface area contributed by atoms with Crippen LogP contribution in [0.1, 0.15) is 5.56 Å². The van der Waals surface area contributed by atoms with Crippen LogP contribution in [0.5, 0.6) is 0 Å². The van der Waals surface area contributed by atoms with Crippen molar-refractivity contribution in [1.82, 2.24) is 4.98 Å². The molecule has 0 saturated heterocycles. The number of nitrogens with zero attached hydrogens (tertiary/aromatic N) is 1. The van der Waals surface area contributed by atoms with Crippen LogP contribution in [0.2, 0.25) is 0 Å². The second kappa shape index (κ2) is 6.01. The highest BCUT2D eigenvalue weighted by Gasteiger charge is 2.10. The third-order valence-electron chi connectivity index (χ3n) is 3.82. The summed E-state index contributed by atoms with van der Waals surface area (Å²) in [4.78, 5) is 5.75. The van der Waals surface area contributed by atoms with Crippen LogP contribution in [0, 0.1) is 5.82 Å². The molecule has 0 aliphatic heterocycles. The summed E-state index contributed by atoms with van der Waals surface area (Å²) >= 11 is 1.73. The van der Waals surface area contributed by atoms with Gasteiger partial charge in [-0.25, -0.2) is 9.37 Å². The number of fused-ring (bicyclic) bond motifs is 2. The normalized spacial score (nSPS) is 11.2. The molecule has 3 aromatic carbocycles.